The minimum absolute atomic E-state index is 0.278. The molecule has 0 aliphatic carbocycles. The number of carbonyl (C=O) groups is 1. The maximum Gasteiger partial charge on any atom is 0.265 e. The minimum atomic E-state index is -3.35. The van der Waals surface area contributed by atoms with Crippen LogP contribution in [-0.4, -0.2) is 27.6 Å². The fraction of sp³-hybridized carbons (Fsp3) is 0.111. The Hall–Kier alpha value is -2.89. The molecule has 3 aromatic rings. The van der Waals surface area contributed by atoms with E-state index < -0.39 is 10.0 Å². The van der Waals surface area contributed by atoms with E-state index in [0.717, 1.165) is 16.3 Å². The summed E-state index contributed by atoms with van der Waals surface area (Å²) in [7, 11) is -1.87. The van der Waals surface area contributed by atoms with Crippen LogP contribution >= 0.6 is 11.3 Å². The molecule has 3 rings (SSSR count). The van der Waals surface area contributed by atoms with E-state index in [0.29, 0.717) is 21.8 Å². The van der Waals surface area contributed by atoms with Crippen molar-refractivity contribution in [2.24, 2.45) is 0 Å². The summed E-state index contributed by atoms with van der Waals surface area (Å²) in [5, 5.41) is 12.5. The summed E-state index contributed by atoms with van der Waals surface area (Å²) >= 11 is 1.32. The summed E-state index contributed by atoms with van der Waals surface area (Å²) in [4.78, 5) is 13.0. The van der Waals surface area contributed by atoms with Gasteiger partial charge in [-0.2, -0.15) is 5.26 Å². The first-order chi connectivity index (χ1) is 12.3. The molecule has 1 amide bonds. The molecule has 1 N–H and O–H groups in total. The van der Waals surface area contributed by atoms with Gasteiger partial charge in [0.15, 0.2) is 0 Å². The van der Waals surface area contributed by atoms with E-state index in [1.165, 1.54) is 22.7 Å². The molecule has 0 bridgehead atoms. The van der Waals surface area contributed by atoms with E-state index in [1.807, 2.05) is 6.07 Å². The van der Waals surface area contributed by atoms with Crippen LogP contribution in [0.1, 0.15) is 15.2 Å². The molecule has 26 heavy (non-hydrogen) atoms. The maximum absolute atomic E-state index is 12.5. The fourth-order valence-electron chi connectivity index (χ4n) is 2.39. The quantitative estimate of drug-likeness (QED) is 0.745. The Kier molecular flexibility index (Phi) is 4.68. The monoisotopic (exact) mass is 385 g/mol. The summed E-state index contributed by atoms with van der Waals surface area (Å²) in [6.45, 7) is 0. The van der Waals surface area contributed by atoms with Crippen molar-refractivity contribution in [2.75, 3.05) is 22.9 Å². The number of thiophene rings is 1. The zero-order chi connectivity index (χ0) is 18.9. The molecule has 2 aromatic carbocycles. The number of nitrogens with zero attached hydrogens (tertiary/aromatic N) is 2. The predicted octanol–water partition coefficient (Wildman–Crippen LogP) is 3.42. The number of hydrogen-bond acceptors (Lipinski definition) is 5. The normalized spacial score (nSPS) is 11.1. The van der Waals surface area contributed by atoms with Crippen molar-refractivity contribution in [1.29, 1.82) is 5.26 Å². The minimum Gasteiger partial charge on any atom is -0.321 e. The van der Waals surface area contributed by atoms with Gasteiger partial charge in [-0.3, -0.25) is 9.10 Å². The lowest BCUT2D eigenvalue weighted by atomic mass is 10.2. The third-order valence-corrected chi connectivity index (χ3v) is 6.15. The summed E-state index contributed by atoms with van der Waals surface area (Å²) in [5.74, 6) is -0.278. The standard InChI is InChI=1S/C18H15N3O3S2/c1-21(26(2,23)24)15-6-7-16-13(9-15)10-17(25-16)18(22)20-14-5-3-4-12(8-14)11-19/h3-10H,1-2H3,(H,20,22). The number of anilines is 2. The van der Waals surface area contributed by atoms with Crippen LogP contribution in [0.15, 0.2) is 48.5 Å². The van der Waals surface area contributed by atoms with Crippen LogP contribution in [0.4, 0.5) is 11.4 Å². The molecule has 8 heteroatoms. The largest absolute Gasteiger partial charge is 0.321 e. The third kappa shape index (κ3) is 3.69. The van der Waals surface area contributed by atoms with Gasteiger partial charge >= 0.3 is 0 Å². The summed E-state index contributed by atoms with van der Waals surface area (Å²) < 4.78 is 25.4. The molecule has 0 aliphatic heterocycles. The van der Waals surface area contributed by atoms with Crippen molar-refractivity contribution in [3.05, 3.63) is 59.0 Å². The van der Waals surface area contributed by atoms with Crippen LogP contribution < -0.4 is 9.62 Å². The Balaban J connectivity index is 1.89. The maximum atomic E-state index is 12.5. The topological polar surface area (TPSA) is 90.3 Å². The summed E-state index contributed by atoms with van der Waals surface area (Å²) in [5.41, 5.74) is 1.54. The van der Waals surface area contributed by atoms with Crippen LogP contribution in [0.25, 0.3) is 10.1 Å². The van der Waals surface area contributed by atoms with E-state index in [9.17, 15) is 13.2 Å². The molecule has 0 saturated carbocycles. The van der Waals surface area contributed by atoms with E-state index in [-0.39, 0.29) is 5.91 Å². The van der Waals surface area contributed by atoms with Gasteiger partial charge in [0.05, 0.1) is 28.5 Å². The van der Waals surface area contributed by atoms with Gasteiger partial charge in [0.2, 0.25) is 10.0 Å². The van der Waals surface area contributed by atoms with Crippen molar-refractivity contribution in [2.45, 2.75) is 0 Å². The molecule has 0 saturated heterocycles. The first kappa shape index (κ1) is 17.9. The highest BCUT2D eigenvalue weighted by Crippen LogP contribution is 2.30. The van der Waals surface area contributed by atoms with Crippen molar-refractivity contribution in [1.82, 2.24) is 0 Å². The zero-order valence-electron chi connectivity index (χ0n) is 14.1. The average Bonchev–Trinajstić information content (AvgIpc) is 3.03. The Bertz CT molecular complexity index is 1140. The van der Waals surface area contributed by atoms with E-state index in [2.05, 4.69) is 5.32 Å². The van der Waals surface area contributed by atoms with Crippen LogP contribution in [0.2, 0.25) is 0 Å². The van der Waals surface area contributed by atoms with Gasteiger partial charge in [0.25, 0.3) is 5.91 Å². The Morgan fingerprint density at radius 1 is 1.19 bits per heavy atom. The highest BCUT2D eigenvalue weighted by atomic mass is 32.2. The van der Waals surface area contributed by atoms with Crippen LogP contribution in [0.3, 0.4) is 0 Å². The van der Waals surface area contributed by atoms with Gasteiger partial charge in [0.1, 0.15) is 0 Å². The lowest BCUT2D eigenvalue weighted by Gasteiger charge is -2.16. The molecule has 1 aromatic heterocycles. The SMILES string of the molecule is CN(c1ccc2sc(C(=O)Nc3cccc(C#N)c3)cc2c1)S(C)(=O)=O. The number of sulfonamides is 1. The van der Waals surface area contributed by atoms with Gasteiger partial charge in [0, 0.05) is 17.4 Å². The molecule has 132 valence electrons. The number of benzene rings is 2. The molecule has 1 heterocycles. The number of hydrogen-bond donors (Lipinski definition) is 1. The Labute approximate surface area is 155 Å². The fourth-order valence-corrected chi connectivity index (χ4v) is 3.82. The highest BCUT2D eigenvalue weighted by molar-refractivity contribution is 7.92. The Morgan fingerprint density at radius 2 is 1.96 bits per heavy atom. The first-order valence-corrected chi connectivity index (χ1v) is 10.2. The van der Waals surface area contributed by atoms with Gasteiger partial charge in [-0.25, -0.2) is 8.42 Å². The van der Waals surface area contributed by atoms with Crippen LogP contribution in [0.5, 0.6) is 0 Å². The lowest BCUT2D eigenvalue weighted by Crippen LogP contribution is -2.24. The number of rotatable bonds is 4. The van der Waals surface area contributed by atoms with E-state index in [4.69, 9.17) is 5.26 Å². The van der Waals surface area contributed by atoms with E-state index >= 15 is 0 Å². The third-order valence-electron chi connectivity index (χ3n) is 3.83. The molecule has 0 spiro atoms. The number of nitrogens with one attached hydrogen (secondary N) is 1. The summed E-state index contributed by atoms with van der Waals surface area (Å²) in [6, 6.07) is 15.7. The van der Waals surface area contributed by atoms with Crippen LogP contribution in [-0.2, 0) is 10.0 Å². The van der Waals surface area contributed by atoms with Crippen molar-refractivity contribution >= 4 is 48.7 Å². The van der Waals surface area contributed by atoms with Crippen molar-refractivity contribution in [3.63, 3.8) is 0 Å². The number of amides is 1. The van der Waals surface area contributed by atoms with Gasteiger partial charge in [-0.1, -0.05) is 6.07 Å². The highest BCUT2D eigenvalue weighted by Gasteiger charge is 2.15. The molecule has 0 unspecified atom stereocenters. The number of nitriles is 1. The van der Waals surface area contributed by atoms with Crippen LogP contribution in [0, 0.1) is 11.3 Å². The summed E-state index contributed by atoms with van der Waals surface area (Å²) in [6.07, 6.45) is 1.14. The predicted molar refractivity (Wildman–Crippen MR) is 104 cm³/mol. The zero-order valence-corrected chi connectivity index (χ0v) is 15.7. The van der Waals surface area contributed by atoms with Crippen molar-refractivity contribution in [3.8, 4) is 6.07 Å². The van der Waals surface area contributed by atoms with Gasteiger partial charge in [-0.05, 0) is 47.9 Å². The molecular weight excluding hydrogens is 370 g/mol. The molecule has 0 atom stereocenters. The smallest absolute Gasteiger partial charge is 0.265 e. The Morgan fingerprint density at radius 3 is 2.65 bits per heavy atom. The molecule has 0 aliphatic rings. The second-order valence-corrected chi connectivity index (χ2v) is 8.81. The molecular formula is C18H15N3O3S2. The second-order valence-electron chi connectivity index (χ2n) is 5.71. The van der Waals surface area contributed by atoms with Gasteiger partial charge in [-0.15, -0.1) is 11.3 Å². The second kappa shape index (κ2) is 6.78. The molecule has 6 nitrogen and oxygen atoms in total. The molecule has 0 fully saturated rings. The average molecular weight is 385 g/mol. The molecule has 0 radical (unpaired) electrons. The first-order valence-electron chi connectivity index (χ1n) is 7.57. The van der Waals surface area contributed by atoms with Gasteiger partial charge < -0.3 is 5.32 Å². The van der Waals surface area contributed by atoms with Crippen molar-refractivity contribution < 1.29 is 13.2 Å². The van der Waals surface area contributed by atoms with E-state index in [1.54, 1.807) is 48.5 Å². The number of fused-ring (bicyclic) bond motifs is 1. The lowest BCUT2D eigenvalue weighted by molar-refractivity contribution is 0.103. The number of carbonyl (C=O) groups excluding carboxylic acids is 1.